The number of rotatable bonds is 5. The first-order chi connectivity index (χ1) is 8.23. The number of sulfone groups is 1. The molecule has 18 heavy (non-hydrogen) atoms. The molecule has 0 aliphatic heterocycles. The molecule has 0 heterocycles. The Labute approximate surface area is 108 Å². The molecule has 0 saturated heterocycles. The highest BCUT2D eigenvalue weighted by Crippen LogP contribution is 2.29. The Morgan fingerprint density at radius 2 is 2.06 bits per heavy atom. The number of nitrogens with zero attached hydrogens (tertiary/aromatic N) is 1. The fraction of sp³-hybridized carbons (Fsp3) is 0.500. The van der Waals surface area contributed by atoms with Gasteiger partial charge >= 0.3 is 0 Å². The molecule has 3 N–H and O–H groups in total. The van der Waals surface area contributed by atoms with Gasteiger partial charge in [-0.3, -0.25) is 0 Å². The zero-order chi connectivity index (χ0) is 13.9. The average molecular weight is 272 g/mol. The van der Waals surface area contributed by atoms with Crippen molar-refractivity contribution in [2.45, 2.75) is 24.3 Å². The van der Waals surface area contributed by atoms with Gasteiger partial charge < -0.3 is 15.7 Å². The summed E-state index contributed by atoms with van der Waals surface area (Å²) >= 11 is 0. The lowest BCUT2D eigenvalue weighted by Crippen LogP contribution is -2.23. The van der Waals surface area contributed by atoms with Crippen LogP contribution in [0.5, 0.6) is 0 Å². The molecule has 1 aromatic carbocycles. The van der Waals surface area contributed by atoms with Gasteiger partial charge in [-0.1, -0.05) is 6.07 Å². The summed E-state index contributed by atoms with van der Waals surface area (Å²) < 4.78 is 23.1. The van der Waals surface area contributed by atoms with Gasteiger partial charge in [0.05, 0.1) is 22.4 Å². The molecule has 1 unspecified atom stereocenters. The first-order valence-corrected chi connectivity index (χ1v) is 7.60. The molecule has 0 aliphatic carbocycles. The molecule has 6 heteroatoms. The van der Waals surface area contributed by atoms with Crippen LogP contribution in [0.25, 0.3) is 0 Å². The lowest BCUT2D eigenvalue weighted by molar-refractivity contribution is 0.187. The minimum atomic E-state index is -3.32. The Morgan fingerprint density at radius 1 is 1.44 bits per heavy atom. The first kappa shape index (κ1) is 14.8. The van der Waals surface area contributed by atoms with E-state index in [-0.39, 0.29) is 10.6 Å². The normalized spacial score (nSPS) is 13.3. The molecular weight excluding hydrogens is 252 g/mol. The molecule has 0 fully saturated rings. The van der Waals surface area contributed by atoms with Gasteiger partial charge in [0, 0.05) is 19.8 Å². The summed E-state index contributed by atoms with van der Waals surface area (Å²) in [5.41, 5.74) is 6.82. The van der Waals surface area contributed by atoms with Crippen LogP contribution in [0.2, 0.25) is 0 Å². The third-order valence-corrected chi connectivity index (χ3v) is 3.89. The summed E-state index contributed by atoms with van der Waals surface area (Å²) in [5, 5.41) is 9.25. The van der Waals surface area contributed by atoms with Crippen molar-refractivity contribution in [2.75, 3.05) is 30.5 Å². The second kappa shape index (κ2) is 5.58. The molecular formula is C12H20N2O3S. The second-order valence-electron chi connectivity index (χ2n) is 4.52. The smallest absolute Gasteiger partial charge is 0.177 e. The van der Waals surface area contributed by atoms with Crippen LogP contribution in [0.3, 0.4) is 0 Å². The Bertz CT molecular complexity index is 512. The maximum Gasteiger partial charge on any atom is 0.177 e. The second-order valence-corrected chi connectivity index (χ2v) is 6.50. The van der Waals surface area contributed by atoms with E-state index in [1.165, 1.54) is 6.07 Å². The maximum atomic E-state index is 11.6. The molecule has 0 spiro atoms. The summed E-state index contributed by atoms with van der Waals surface area (Å²) in [6.07, 6.45) is 1.34. The Morgan fingerprint density at radius 3 is 2.56 bits per heavy atom. The van der Waals surface area contributed by atoms with E-state index in [1.807, 2.05) is 11.9 Å². The van der Waals surface area contributed by atoms with Gasteiger partial charge in [-0.05, 0) is 25.5 Å². The fourth-order valence-corrected chi connectivity index (χ4v) is 2.52. The third kappa shape index (κ3) is 3.61. The number of aliphatic hydroxyl groups excluding tert-OH is 1. The minimum Gasteiger partial charge on any atom is -0.396 e. The molecule has 0 amide bonds. The van der Waals surface area contributed by atoms with Gasteiger partial charge in [-0.25, -0.2) is 8.42 Å². The van der Waals surface area contributed by atoms with E-state index in [4.69, 9.17) is 5.73 Å². The number of hydrogen-bond acceptors (Lipinski definition) is 5. The molecule has 1 rings (SSSR count). The molecule has 1 atom stereocenters. The van der Waals surface area contributed by atoms with Crippen LogP contribution < -0.4 is 10.6 Å². The molecule has 5 nitrogen and oxygen atoms in total. The van der Waals surface area contributed by atoms with E-state index >= 15 is 0 Å². The van der Waals surface area contributed by atoms with Crippen LogP contribution in [-0.2, 0) is 9.84 Å². The molecule has 0 aromatic heterocycles. The summed E-state index contributed by atoms with van der Waals surface area (Å²) in [6.45, 7) is 2.32. The zero-order valence-corrected chi connectivity index (χ0v) is 11.7. The Kier molecular flexibility index (Phi) is 4.59. The Hall–Kier alpha value is -1.27. The van der Waals surface area contributed by atoms with Crippen molar-refractivity contribution in [1.29, 1.82) is 0 Å². The molecule has 0 saturated carbocycles. The van der Waals surface area contributed by atoms with Gasteiger partial charge in [-0.2, -0.15) is 0 Å². The number of para-hydroxylation sites is 1. The van der Waals surface area contributed by atoms with Crippen LogP contribution in [0.15, 0.2) is 23.1 Å². The highest BCUT2D eigenvalue weighted by molar-refractivity contribution is 7.90. The SMILES string of the molecule is CC(O)CCN(C)c1cccc(S(C)(=O)=O)c1N. The van der Waals surface area contributed by atoms with E-state index in [1.54, 1.807) is 19.1 Å². The van der Waals surface area contributed by atoms with E-state index < -0.39 is 15.9 Å². The Balaban J connectivity index is 3.04. The average Bonchev–Trinajstić information content (AvgIpc) is 2.24. The van der Waals surface area contributed by atoms with Crippen molar-refractivity contribution >= 4 is 21.2 Å². The number of nitrogens with two attached hydrogens (primary N) is 1. The van der Waals surface area contributed by atoms with Crippen molar-refractivity contribution in [3.8, 4) is 0 Å². The molecule has 0 aliphatic rings. The summed E-state index contributed by atoms with van der Waals surface area (Å²) in [7, 11) is -1.50. The maximum absolute atomic E-state index is 11.6. The van der Waals surface area contributed by atoms with Crippen LogP contribution >= 0.6 is 0 Å². The van der Waals surface area contributed by atoms with E-state index in [2.05, 4.69) is 0 Å². The van der Waals surface area contributed by atoms with Crippen LogP contribution in [0.1, 0.15) is 13.3 Å². The van der Waals surface area contributed by atoms with Gasteiger partial charge in [0.2, 0.25) is 0 Å². The number of nitrogen functional groups attached to an aromatic ring is 1. The summed E-state index contributed by atoms with van der Waals surface area (Å²) in [4.78, 5) is 1.99. The van der Waals surface area contributed by atoms with E-state index in [0.29, 0.717) is 18.7 Å². The van der Waals surface area contributed by atoms with Crippen LogP contribution in [0.4, 0.5) is 11.4 Å². The van der Waals surface area contributed by atoms with Gasteiger partial charge in [0.1, 0.15) is 0 Å². The first-order valence-electron chi connectivity index (χ1n) is 5.71. The van der Waals surface area contributed by atoms with Crippen LogP contribution in [-0.4, -0.2) is 39.5 Å². The minimum absolute atomic E-state index is 0.142. The lowest BCUT2D eigenvalue weighted by Gasteiger charge is -2.22. The van der Waals surface area contributed by atoms with Gasteiger partial charge in [-0.15, -0.1) is 0 Å². The van der Waals surface area contributed by atoms with Crippen molar-refractivity contribution in [3.05, 3.63) is 18.2 Å². The largest absolute Gasteiger partial charge is 0.396 e. The monoisotopic (exact) mass is 272 g/mol. The molecule has 102 valence electrons. The quantitative estimate of drug-likeness (QED) is 0.777. The lowest BCUT2D eigenvalue weighted by atomic mass is 10.2. The van der Waals surface area contributed by atoms with Crippen molar-refractivity contribution in [1.82, 2.24) is 0 Å². The van der Waals surface area contributed by atoms with Crippen molar-refractivity contribution in [2.24, 2.45) is 0 Å². The topological polar surface area (TPSA) is 83.6 Å². The molecule has 0 bridgehead atoms. The number of hydrogen-bond donors (Lipinski definition) is 2. The zero-order valence-electron chi connectivity index (χ0n) is 10.9. The number of benzene rings is 1. The third-order valence-electron chi connectivity index (χ3n) is 2.74. The standard InChI is InChI=1S/C12H20N2O3S/c1-9(15)7-8-14(2)10-5-4-6-11(12(10)13)18(3,16)17/h4-6,9,15H,7-8,13H2,1-3H3. The summed E-state index contributed by atoms with van der Waals surface area (Å²) in [5.74, 6) is 0. The van der Waals surface area contributed by atoms with Gasteiger partial charge in [0.15, 0.2) is 9.84 Å². The van der Waals surface area contributed by atoms with Crippen molar-refractivity contribution < 1.29 is 13.5 Å². The van der Waals surface area contributed by atoms with Gasteiger partial charge in [0.25, 0.3) is 0 Å². The highest BCUT2D eigenvalue weighted by atomic mass is 32.2. The number of aliphatic hydroxyl groups is 1. The highest BCUT2D eigenvalue weighted by Gasteiger charge is 2.16. The number of anilines is 2. The molecule has 0 radical (unpaired) electrons. The van der Waals surface area contributed by atoms with E-state index in [9.17, 15) is 13.5 Å². The molecule has 1 aromatic rings. The van der Waals surface area contributed by atoms with Crippen molar-refractivity contribution in [3.63, 3.8) is 0 Å². The predicted molar refractivity (Wildman–Crippen MR) is 73.5 cm³/mol. The summed E-state index contributed by atoms with van der Waals surface area (Å²) in [6, 6.07) is 4.93. The van der Waals surface area contributed by atoms with Crippen LogP contribution in [0, 0.1) is 0 Å². The van der Waals surface area contributed by atoms with E-state index in [0.717, 1.165) is 6.26 Å². The predicted octanol–water partition coefficient (Wildman–Crippen LogP) is 0.879. The fourth-order valence-electron chi connectivity index (χ4n) is 1.69.